The summed E-state index contributed by atoms with van der Waals surface area (Å²) in [5, 5.41) is 0. The van der Waals surface area contributed by atoms with Gasteiger partial charge in [0.15, 0.2) is 0 Å². The van der Waals surface area contributed by atoms with Gasteiger partial charge in [0.25, 0.3) is 0 Å². The molecule has 0 aromatic rings. The van der Waals surface area contributed by atoms with Crippen molar-refractivity contribution in [1.29, 1.82) is 0 Å². The van der Waals surface area contributed by atoms with E-state index in [2.05, 4.69) is 21.7 Å². The van der Waals surface area contributed by atoms with Gasteiger partial charge in [-0.1, -0.05) is 0 Å². The average molecular weight is 252 g/mol. The fraction of sp³-hybridized carbons (Fsp3) is 1.00. The van der Waals surface area contributed by atoms with Crippen molar-refractivity contribution in [3.05, 3.63) is 0 Å². The Kier molecular flexibility index (Phi) is 3.63. The molecule has 3 aliphatic rings. The van der Waals surface area contributed by atoms with Crippen LogP contribution in [0.25, 0.3) is 0 Å². The smallest absolute Gasteiger partial charge is 0.0471 e. The maximum atomic E-state index is 6.11. The molecule has 18 heavy (non-hydrogen) atoms. The van der Waals surface area contributed by atoms with Gasteiger partial charge in [-0.3, -0.25) is 4.90 Å². The van der Waals surface area contributed by atoms with Crippen LogP contribution in [0.3, 0.4) is 0 Å². The van der Waals surface area contributed by atoms with Gasteiger partial charge in [-0.2, -0.15) is 0 Å². The molecule has 1 unspecified atom stereocenters. The Hall–Kier alpha value is -0.160. The van der Waals surface area contributed by atoms with Crippen LogP contribution in [0.1, 0.15) is 19.3 Å². The lowest BCUT2D eigenvalue weighted by atomic mass is 9.95. The van der Waals surface area contributed by atoms with Gasteiger partial charge in [0.2, 0.25) is 0 Å². The summed E-state index contributed by atoms with van der Waals surface area (Å²) >= 11 is 0. The SMILES string of the molecule is CN1CCC(CN)(N2CCN(CC3CC3)CC2)C1. The Morgan fingerprint density at radius 2 is 1.83 bits per heavy atom. The zero-order valence-electron chi connectivity index (χ0n) is 11.8. The lowest BCUT2D eigenvalue weighted by Crippen LogP contribution is -2.61. The van der Waals surface area contributed by atoms with Gasteiger partial charge in [0, 0.05) is 51.4 Å². The summed E-state index contributed by atoms with van der Waals surface area (Å²) < 4.78 is 0. The van der Waals surface area contributed by atoms with Gasteiger partial charge in [-0.25, -0.2) is 0 Å². The standard InChI is InChI=1S/C14H28N4/c1-16-5-4-14(11-15,12-16)18-8-6-17(7-9-18)10-13-2-3-13/h13H,2-12,15H2,1H3. The first-order chi connectivity index (χ1) is 8.72. The zero-order chi connectivity index (χ0) is 12.6. The zero-order valence-corrected chi connectivity index (χ0v) is 11.8. The molecule has 1 atom stereocenters. The molecular formula is C14H28N4. The first kappa shape index (κ1) is 12.9. The number of likely N-dealkylation sites (tertiary alicyclic amines) is 1. The molecule has 1 saturated carbocycles. The van der Waals surface area contributed by atoms with E-state index in [9.17, 15) is 0 Å². The number of hydrogen-bond acceptors (Lipinski definition) is 4. The van der Waals surface area contributed by atoms with E-state index < -0.39 is 0 Å². The van der Waals surface area contributed by atoms with E-state index in [4.69, 9.17) is 5.73 Å². The van der Waals surface area contributed by atoms with Gasteiger partial charge >= 0.3 is 0 Å². The number of piperazine rings is 1. The number of likely N-dealkylation sites (N-methyl/N-ethyl adjacent to an activating group) is 1. The molecule has 0 amide bonds. The lowest BCUT2D eigenvalue weighted by Gasteiger charge is -2.45. The van der Waals surface area contributed by atoms with Crippen molar-refractivity contribution >= 4 is 0 Å². The van der Waals surface area contributed by atoms with E-state index in [0.717, 1.165) is 19.0 Å². The highest BCUT2D eigenvalue weighted by atomic mass is 15.3. The van der Waals surface area contributed by atoms with Crippen molar-refractivity contribution in [3.63, 3.8) is 0 Å². The maximum absolute atomic E-state index is 6.11. The summed E-state index contributed by atoms with van der Waals surface area (Å²) in [6.45, 7) is 9.48. The van der Waals surface area contributed by atoms with Gasteiger partial charge < -0.3 is 15.5 Å². The highest BCUT2D eigenvalue weighted by molar-refractivity contribution is 5.00. The Morgan fingerprint density at radius 3 is 2.33 bits per heavy atom. The molecular weight excluding hydrogens is 224 g/mol. The Morgan fingerprint density at radius 1 is 1.11 bits per heavy atom. The summed E-state index contributed by atoms with van der Waals surface area (Å²) in [6.07, 6.45) is 4.19. The topological polar surface area (TPSA) is 35.7 Å². The Balaban J connectivity index is 1.54. The average Bonchev–Trinajstić information content (AvgIpc) is 3.11. The fourth-order valence-corrected chi connectivity index (χ4v) is 3.68. The first-order valence-corrected chi connectivity index (χ1v) is 7.58. The summed E-state index contributed by atoms with van der Waals surface area (Å²) in [5.74, 6) is 1.03. The minimum atomic E-state index is 0.278. The first-order valence-electron chi connectivity index (χ1n) is 7.58. The van der Waals surface area contributed by atoms with Crippen LogP contribution in [0.2, 0.25) is 0 Å². The minimum Gasteiger partial charge on any atom is -0.329 e. The molecule has 4 heteroatoms. The second kappa shape index (κ2) is 5.08. The maximum Gasteiger partial charge on any atom is 0.0471 e. The minimum absolute atomic E-state index is 0.278. The molecule has 4 nitrogen and oxygen atoms in total. The highest BCUT2D eigenvalue weighted by Gasteiger charge is 2.42. The molecule has 0 aromatic carbocycles. The molecule has 0 bridgehead atoms. The number of rotatable bonds is 4. The van der Waals surface area contributed by atoms with Crippen molar-refractivity contribution in [2.45, 2.75) is 24.8 Å². The normalized spacial score (nSPS) is 36.3. The monoisotopic (exact) mass is 252 g/mol. The van der Waals surface area contributed by atoms with Gasteiger partial charge in [-0.05, 0) is 38.8 Å². The molecule has 0 radical (unpaired) electrons. The Bertz CT molecular complexity index is 284. The van der Waals surface area contributed by atoms with Crippen LogP contribution < -0.4 is 5.73 Å². The molecule has 2 aliphatic heterocycles. The van der Waals surface area contributed by atoms with E-state index in [1.165, 1.54) is 58.5 Å². The number of nitrogens with zero attached hydrogens (tertiary/aromatic N) is 3. The summed E-state index contributed by atoms with van der Waals surface area (Å²) in [4.78, 5) is 7.78. The fourth-order valence-electron chi connectivity index (χ4n) is 3.68. The molecule has 3 fully saturated rings. The molecule has 1 aliphatic carbocycles. The van der Waals surface area contributed by atoms with E-state index >= 15 is 0 Å². The van der Waals surface area contributed by atoms with Crippen LogP contribution >= 0.6 is 0 Å². The summed E-state index contributed by atoms with van der Waals surface area (Å²) in [7, 11) is 2.22. The highest BCUT2D eigenvalue weighted by Crippen LogP contribution is 2.31. The van der Waals surface area contributed by atoms with Crippen molar-refractivity contribution < 1.29 is 0 Å². The van der Waals surface area contributed by atoms with Gasteiger partial charge in [-0.15, -0.1) is 0 Å². The largest absolute Gasteiger partial charge is 0.329 e. The second-order valence-corrected chi connectivity index (χ2v) is 6.65. The van der Waals surface area contributed by atoms with E-state index in [1.807, 2.05) is 0 Å². The molecule has 0 aromatic heterocycles. The third-order valence-electron chi connectivity index (χ3n) is 5.16. The molecule has 3 rings (SSSR count). The summed E-state index contributed by atoms with van der Waals surface area (Å²) in [6, 6.07) is 0. The van der Waals surface area contributed by atoms with Crippen LogP contribution in [-0.4, -0.2) is 79.6 Å². The molecule has 2 saturated heterocycles. The van der Waals surface area contributed by atoms with E-state index in [-0.39, 0.29) is 5.54 Å². The van der Waals surface area contributed by atoms with Crippen LogP contribution in [0.15, 0.2) is 0 Å². The van der Waals surface area contributed by atoms with Crippen LogP contribution in [-0.2, 0) is 0 Å². The lowest BCUT2D eigenvalue weighted by molar-refractivity contribution is 0.0406. The molecule has 2 N–H and O–H groups in total. The van der Waals surface area contributed by atoms with Crippen molar-refractivity contribution in [1.82, 2.24) is 14.7 Å². The second-order valence-electron chi connectivity index (χ2n) is 6.65. The summed E-state index contributed by atoms with van der Waals surface area (Å²) in [5.41, 5.74) is 6.38. The van der Waals surface area contributed by atoms with Crippen molar-refractivity contribution in [3.8, 4) is 0 Å². The van der Waals surface area contributed by atoms with Crippen molar-refractivity contribution in [2.24, 2.45) is 11.7 Å². The third kappa shape index (κ3) is 2.57. The van der Waals surface area contributed by atoms with Crippen LogP contribution in [0, 0.1) is 5.92 Å². The van der Waals surface area contributed by atoms with E-state index in [1.54, 1.807) is 0 Å². The predicted octanol–water partition coefficient (Wildman–Crippen LogP) is 0.0470. The molecule has 0 spiro atoms. The number of hydrogen-bond donors (Lipinski definition) is 1. The molecule has 104 valence electrons. The van der Waals surface area contributed by atoms with Gasteiger partial charge in [0.1, 0.15) is 0 Å². The van der Waals surface area contributed by atoms with Gasteiger partial charge in [0.05, 0.1) is 0 Å². The third-order valence-corrected chi connectivity index (χ3v) is 5.16. The quantitative estimate of drug-likeness (QED) is 0.767. The Labute approximate surface area is 111 Å². The molecule has 2 heterocycles. The predicted molar refractivity (Wildman–Crippen MR) is 74.6 cm³/mol. The van der Waals surface area contributed by atoms with Crippen LogP contribution in [0.4, 0.5) is 0 Å². The van der Waals surface area contributed by atoms with E-state index in [0.29, 0.717) is 0 Å². The van der Waals surface area contributed by atoms with Crippen LogP contribution in [0.5, 0.6) is 0 Å². The van der Waals surface area contributed by atoms with Crippen molar-refractivity contribution in [2.75, 3.05) is 59.4 Å². The number of nitrogens with two attached hydrogens (primary N) is 1.